The summed E-state index contributed by atoms with van der Waals surface area (Å²) in [6.45, 7) is 9.31. The van der Waals surface area contributed by atoms with Crippen molar-refractivity contribution in [2.75, 3.05) is 42.6 Å². The number of aromatic nitrogens is 2. The van der Waals surface area contributed by atoms with Gasteiger partial charge in [0.05, 0.1) is 11.2 Å². The first-order valence-corrected chi connectivity index (χ1v) is 11.6. The number of rotatable bonds is 2. The van der Waals surface area contributed by atoms with Crippen LogP contribution in [0.5, 0.6) is 0 Å². The zero-order valence-corrected chi connectivity index (χ0v) is 18.4. The second-order valence-corrected chi connectivity index (χ2v) is 10.0. The van der Waals surface area contributed by atoms with Crippen LogP contribution in [0.25, 0.3) is 10.9 Å². The lowest BCUT2D eigenvalue weighted by atomic mass is 9.91. The van der Waals surface area contributed by atoms with Gasteiger partial charge in [-0.05, 0) is 51.8 Å². The Morgan fingerprint density at radius 2 is 1.83 bits per heavy atom. The van der Waals surface area contributed by atoms with E-state index in [2.05, 4.69) is 33.1 Å². The highest BCUT2D eigenvalue weighted by molar-refractivity contribution is 7.99. The summed E-state index contributed by atoms with van der Waals surface area (Å²) in [6, 6.07) is 6.59. The van der Waals surface area contributed by atoms with Crippen LogP contribution >= 0.6 is 11.8 Å². The highest BCUT2D eigenvalue weighted by atomic mass is 32.2. The fraction of sp³-hybridized carbons (Fsp3) is 0.591. The van der Waals surface area contributed by atoms with Gasteiger partial charge in [-0.25, -0.2) is 14.8 Å². The highest BCUT2D eigenvalue weighted by Crippen LogP contribution is 2.33. The number of anilines is 1. The van der Waals surface area contributed by atoms with Crippen LogP contribution in [-0.2, 0) is 4.74 Å². The van der Waals surface area contributed by atoms with Gasteiger partial charge < -0.3 is 14.5 Å². The average Bonchev–Trinajstić information content (AvgIpc) is 2.72. The Balaban J connectivity index is 1.48. The van der Waals surface area contributed by atoms with E-state index in [9.17, 15) is 4.79 Å². The third kappa shape index (κ3) is 4.77. The van der Waals surface area contributed by atoms with Crippen LogP contribution in [0.15, 0.2) is 24.5 Å². The maximum Gasteiger partial charge on any atom is 0.410 e. The molecule has 0 radical (unpaired) electrons. The molecular weight excluding hydrogens is 384 g/mol. The predicted octanol–water partition coefficient (Wildman–Crippen LogP) is 4.30. The van der Waals surface area contributed by atoms with Gasteiger partial charge in [0.25, 0.3) is 0 Å². The van der Waals surface area contributed by atoms with Crippen LogP contribution in [0.1, 0.15) is 45.2 Å². The van der Waals surface area contributed by atoms with Gasteiger partial charge in [-0.15, -0.1) is 0 Å². The van der Waals surface area contributed by atoms with E-state index in [-0.39, 0.29) is 6.09 Å². The number of fused-ring (bicyclic) bond motifs is 1. The molecule has 2 aromatic rings. The maximum atomic E-state index is 12.3. The summed E-state index contributed by atoms with van der Waals surface area (Å²) < 4.78 is 5.51. The van der Waals surface area contributed by atoms with Crippen molar-refractivity contribution in [2.24, 2.45) is 0 Å². The van der Waals surface area contributed by atoms with Crippen molar-refractivity contribution in [2.45, 2.75) is 45.1 Å². The van der Waals surface area contributed by atoms with E-state index in [1.807, 2.05) is 37.4 Å². The molecule has 0 atom stereocenters. The van der Waals surface area contributed by atoms with Crippen LogP contribution in [0.3, 0.4) is 0 Å². The number of carbonyl (C=O) groups excluding carboxylic acids is 1. The average molecular weight is 415 g/mol. The molecule has 29 heavy (non-hydrogen) atoms. The first kappa shape index (κ1) is 20.3. The SMILES string of the molecule is CC(C)(C)OC(=O)N1CCC(c2ncnc3cc(N4CCSCC4)ccc23)CC1. The van der Waals surface area contributed by atoms with Crippen LogP contribution in [0.4, 0.5) is 10.5 Å². The lowest BCUT2D eigenvalue weighted by molar-refractivity contribution is 0.0204. The summed E-state index contributed by atoms with van der Waals surface area (Å²) in [5.74, 6) is 2.71. The van der Waals surface area contributed by atoms with E-state index >= 15 is 0 Å². The smallest absolute Gasteiger partial charge is 0.410 e. The molecule has 4 rings (SSSR count). The molecule has 7 heteroatoms. The Morgan fingerprint density at radius 3 is 2.52 bits per heavy atom. The summed E-state index contributed by atoms with van der Waals surface area (Å²) in [6.07, 6.45) is 3.27. The Morgan fingerprint density at radius 1 is 1.10 bits per heavy atom. The molecule has 2 aliphatic rings. The molecule has 1 amide bonds. The van der Waals surface area contributed by atoms with E-state index in [4.69, 9.17) is 4.74 Å². The zero-order chi connectivity index (χ0) is 20.4. The molecule has 2 saturated heterocycles. The van der Waals surface area contributed by atoms with E-state index in [0.717, 1.165) is 42.5 Å². The molecule has 156 valence electrons. The number of carbonyl (C=O) groups is 1. The van der Waals surface area contributed by atoms with Crippen molar-refractivity contribution < 1.29 is 9.53 Å². The van der Waals surface area contributed by atoms with Gasteiger partial charge in [-0.1, -0.05) is 0 Å². The van der Waals surface area contributed by atoms with E-state index in [0.29, 0.717) is 19.0 Å². The first-order valence-electron chi connectivity index (χ1n) is 10.5. The maximum absolute atomic E-state index is 12.3. The van der Waals surface area contributed by atoms with Gasteiger partial charge in [0, 0.05) is 54.7 Å². The molecule has 0 aliphatic carbocycles. The summed E-state index contributed by atoms with van der Waals surface area (Å²) in [5.41, 5.74) is 2.92. The third-order valence-corrected chi connectivity index (χ3v) is 6.50. The van der Waals surface area contributed by atoms with Crippen molar-refractivity contribution in [3.05, 3.63) is 30.2 Å². The van der Waals surface area contributed by atoms with Gasteiger partial charge in [-0.3, -0.25) is 0 Å². The highest BCUT2D eigenvalue weighted by Gasteiger charge is 2.29. The quantitative estimate of drug-likeness (QED) is 0.730. The van der Waals surface area contributed by atoms with Gasteiger partial charge in [0.15, 0.2) is 0 Å². The van der Waals surface area contributed by atoms with Crippen molar-refractivity contribution in [1.29, 1.82) is 0 Å². The fourth-order valence-electron chi connectivity index (χ4n) is 4.07. The molecule has 0 N–H and O–H groups in total. The minimum atomic E-state index is -0.457. The second-order valence-electron chi connectivity index (χ2n) is 8.80. The number of hydrogen-bond donors (Lipinski definition) is 0. The molecule has 2 fully saturated rings. The van der Waals surface area contributed by atoms with Gasteiger partial charge >= 0.3 is 6.09 Å². The minimum absolute atomic E-state index is 0.215. The number of nitrogens with zero attached hydrogens (tertiary/aromatic N) is 4. The Bertz CT molecular complexity index is 869. The van der Waals surface area contributed by atoms with Crippen molar-refractivity contribution in [1.82, 2.24) is 14.9 Å². The number of likely N-dealkylation sites (tertiary alicyclic amines) is 1. The lowest BCUT2D eigenvalue weighted by Crippen LogP contribution is -2.41. The fourth-order valence-corrected chi connectivity index (χ4v) is 4.97. The summed E-state index contributed by atoms with van der Waals surface area (Å²) >= 11 is 2.02. The number of thioether (sulfide) groups is 1. The normalized spacial score (nSPS) is 18.9. The monoisotopic (exact) mass is 414 g/mol. The topological polar surface area (TPSA) is 58.6 Å². The molecule has 6 nitrogen and oxygen atoms in total. The van der Waals surface area contributed by atoms with Crippen molar-refractivity contribution in [3.8, 4) is 0 Å². The van der Waals surface area contributed by atoms with E-state index in [1.165, 1.54) is 17.2 Å². The van der Waals surface area contributed by atoms with Crippen LogP contribution in [0.2, 0.25) is 0 Å². The number of amides is 1. The van der Waals surface area contributed by atoms with E-state index in [1.54, 1.807) is 6.33 Å². The molecule has 0 saturated carbocycles. The molecule has 1 aromatic heterocycles. The van der Waals surface area contributed by atoms with E-state index < -0.39 is 5.60 Å². The summed E-state index contributed by atoms with van der Waals surface area (Å²) in [7, 11) is 0. The molecule has 0 spiro atoms. The van der Waals surface area contributed by atoms with Gasteiger partial charge in [0.2, 0.25) is 0 Å². The Kier molecular flexibility index (Phi) is 5.86. The standard InChI is InChI=1S/C22H30N4O2S/c1-22(2,3)28-21(27)26-8-6-16(7-9-26)20-18-5-4-17(14-19(18)23-15-24-20)25-10-12-29-13-11-25/h4-5,14-16H,6-13H2,1-3H3. The molecule has 3 heterocycles. The molecule has 0 unspecified atom stereocenters. The van der Waals surface area contributed by atoms with Crippen LogP contribution in [-0.4, -0.2) is 64.2 Å². The zero-order valence-electron chi connectivity index (χ0n) is 17.6. The number of piperidine rings is 1. The molecular formula is C22H30N4O2S. The first-order chi connectivity index (χ1) is 13.9. The number of hydrogen-bond acceptors (Lipinski definition) is 6. The van der Waals surface area contributed by atoms with Gasteiger partial charge in [0.1, 0.15) is 11.9 Å². The largest absolute Gasteiger partial charge is 0.444 e. The van der Waals surface area contributed by atoms with Gasteiger partial charge in [-0.2, -0.15) is 11.8 Å². The van der Waals surface area contributed by atoms with Crippen LogP contribution < -0.4 is 4.90 Å². The Hall–Kier alpha value is -2.02. The Labute approximate surface area is 177 Å². The number of ether oxygens (including phenoxy) is 1. The molecule has 1 aromatic carbocycles. The second kappa shape index (κ2) is 8.38. The number of benzene rings is 1. The minimum Gasteiger partial charge on any atom is -0.444 e. The van der Waals surface area contributed by atoms with Crippen molar-refractivity contribution in [3.63, 3.8) is 0 Å². The summed E-state index contributed by atoms with van der Waals surface area (Å²) in [4.78, 5) is 25.8. The van der Waals surface area contributed by atoms with Crippen LogP contribution in [0, 0.1) is 0 Å². The third-order valence-electron chi connectivity index (χ3n) is 5.56. The molecule has 2 aliphatic heterocycles. The van der Waals surface area contributed by atoms with Crippen molar-refractivity contribution >= 4 is 34.4 Å². The molecule has 0 bridgehead atoms. The predicted molar refractivity (Wildman–Crippen MR) is 119 cm³/mol. The lowest BCUT2D eigenvalue weighted by Gasteiger charge is -2.33. The summed E-state index contributed by atoms with van der Waals surface area (Å²) in [5, 5.41) is 1.14.